The van der Waals surface area contributed by atoms with Crippen LogP contribution in [0.1, 0.15) is 31.9 Å². The van der Waals surface area contributed by atoms with Gasteiger partial charge in [-0.15, -0.1) is 0 Å². The van der Waals surface area contributed by atoms with E-state index >= 15 is 0 Å². The summed E-state index contributed by atoms with van der Waals surface area (Å²) in [5.74, 6) is 0.435. The fourth-order valence-electron chi connectivity index (χ4n) is 2.21. The average Bonchev–Trinajstić information content (AvgIpc) is 2.41. The van der Waals surface area contributed by atoms with E-state index in [4.69, 9.17) is 10.5 Å². The number of aromatic nitrogens is 1. The Labute approximate surface area is 125 Å². The Balaban J connectivity index is 2.25. The van der Waals surface area contributed by atoms with Crippen molar-refractivity contribution in [1.29, 1.82) is 0 Å². The van der Waals surface area contributed by atoms with E-state index in [0.717, 1.165) is 5.56 Å². The number of pyridine rings is 1. The monoisotopic (exact) mass is 288 g/mol. The van der Waals surface area contributed by atoms with E-state index < -0.39 is 5.54 Å². The first-order chi connectivity index (χ1) is 9.88. The van der Waals surface area contributed by atoms with Crippen LogP contribution in [-0.2, 0) is 12.0 Å². The Morgan fingerprint density at radius 1 is 1.29 bits per heavy atom. The summed E-state index contributed by atoms with van der Waals surface area (Å²) >= 11 is 0. The molecule has 1 atom stereocenters. The van der Waals surface area contributed by atoms with Gasteiger partial charge in [0.2, 0.25) is 0 Å². The minimum atomic E-state index is -0.717. The van der Waals surface area contributed by atoms with Gasteiger partial charge in [0.1, 0.15) is 11.6 Å². The number of nitrogens with zero attached hydrogens (tertiary/aromatic N) is 1. The van der Waals surface area contributed by atoms with E-state index in [9.17, 15) is 4.39 Å². The fourth-order valence-corrected chi connectivity index (χ4v) is 2.21. The lowest BCUT2D eigenvalue weighted by Crippen LogP contribution is -2.36. The molecule has 0 amide bonds. The molecule has 0 saturated carbocycles. The van der Waals surface area contributed by atoms with Crippen LogP contribution >= 0.6 is 0 Å². The Morgan fingerprint density at radius 3 is 2.67 bits per heavy atom. The van der Waals surface area contributed by atoms with Gasteiger partial charge in [0.25, 0.3) is 0 Å². The van der Waals surface area contributed by atoms with Crippen LogP contribution in [0.4, 0.5) is 4.39 Å². The summed E-state index contributed by atoms with van der Waals surface area (Å²) in [4.78, 5) is 4.17. The van der Waals surface area contributed by atoms with Gasteiger partial charge in [0, 0.05) is 11.7 Å². The number of hydrogen-bond acceptors (Lipinski definition) is 3. The van der Waals surface area contributed by atoms with Gasteiger partial charge in [0.15, 0.2) is 0 Å². The third-order valence-corrected chi connectivity index (χ3v) is 3.26. The van der Waals surface area contributed by atoms with Gasteiger partial charge in [-0.2, -0.15) is 0 Å². The maximum Gasteiger partial charge on any atom is 0.138 e. The zero-order chi connectivity index (χ0) is 15.5. The maximum absolute atomic E-state index is 13.8. The second kappa shape index (κ2) is 6.22. The second-order valence-electron chi connectivity index (χ2n) is 5.76. The SMILES string of the molecule is CC(C)Oc1cncc(C(C)(N)Cc2ccccc2F)c1. The average molecular weight is 288 g/mol. The Bertz CT molecular complexity index is 611. The zero-order valence-electron chi connectivity index (χ0n) is 12.6. The summed E-state index contributed by atoms with van der Waals surface area (Å²) in [5.41, 5.74) is 7.08. The van der Waals surface area contributed by atoms with Crippen LogP contribution in [-0.4, -0.2) is 11.1 Å². The molecule has 0 aliphatic rings. The number of rotatable bonds is 5. The third kappa shape index (κ3) is 4.02. The van der Waals surface area contributed by atoms with Crippen molar-refractivity contribution in [3.63, 3.8) is 0 Å². The van der Waals surface area contributed by atoms with Crippen LogP contribution < -0.4 is 10.5 Å². The van der Waals surface area contributed by atoms with Crippen molar-refractivity contribution in [2.45, 2.75) is 38.8 Å². The van der Waals surface area contributed by atoms with Crippen LogP contribution in [0.5, 0.6) is 5.75 Å². The van der Waals surface area contributed by atoms with E-state index in [1.165, 1.54) is 6.07 Å². The highest BCUT2D eigenvalue weighted by atomic mass is 19.1. The van der Waals surface area contributed by atoms with Crippen molar-refractivity contribution in [3.8, 4) is 5.75 Å². The molecule has 0 bridgehead atoms. The molecule has 1 heterocycles. The molecule has 0 saturated heterocycles. The fraction of sp³-hybridized carbons (Fsp3) is 0.353. The number of halogens is 1. The zero-order valence-corrected chi connectivity index (χ0v) is 12.6. The van der Waals surface area contributed by atoms with Crippen molar-refractivity contribution in [2.24, 2.45) is 5.73 Å². The normalized spacial score (nSPS) is 14.0. The van der Waals surface area contributed by atoms with E-state index in [1.54, 1.807) is 24.5 Å². The summed E-state index contributed by atoms with van der Waals surface area (Å²) < 4.78 is 19.4. The molecule has 1 aromatic carbocycles. The van der Waals surface area contributed by atoms with Gasteiger partial charge < -0.3 is 10.5 Å². The summed E-state index contributed by atoms with van der Waals surface area (Å²) in [5, 5.41) is 0. The molecule has 0 aliphatic heterocycles. The topological polar surface area (TPSA) is 48.1 Å². The number of hydrogen-bond donors (Lipinski definition) is 1. The van der Waals surface area contributed by atoms with Crippen LogP contribution in [0, 0.1) is 5.82 Å². The van der Waals surface area contributed by atoms with E-state index in [2.05, 4.69) is 4.98 Å². The van der Waals surface area contributed by atoms with Crippen molar-refractivity contribution < 1.29 is 9.13 Å². The quantitative estimate of drug-likeness (QED) is 0.917. The largest absolute Gasteiger partial charge is 0.489 e. The van der Waals surface area contributed by atoms with Crippen molar-refractivity contribution in [3.05, 3.63) is 59.7 Å². The molecule has 1 unspecified atom stereocenters. The van der Waals surface area contributed by atoms with Crippen LogP contribution in [0.3, 0.4) is 0 Å². The number of ether oxygens (including phenoxy) is 1. The molecular weight excluding hydrogens is 267 g/mol. The summed E-state index contributed by atoms with van der Waals surface area (Å²) in [7, 11) is 0. The minimum absolute atomic E-state index is 0.0673. The molecule has 0 aliphatic carbocycles. The van der Waals surface area contributed by atoms with Gasteiger partial charge in [-0.1, -0.05) is 18.2 Å². The van der Waals surface area contributed by atoms with Gasteiger partial charge in [0.05, 0.1) is 12.3 Å². The van der Waals surface area contributed by atoms with E-state index in [0.29, 0.717) is 17.7 Å². The molecule has 0 spiro atoms. The van der Waals surface area contributed by atoms with E-state index in [1.807, 2.05) is 32.9 Å². The first-order valence-electron chi connectivity index (χ1n) is 7.03. The summed E-state index contributed by atoms with van der Waals surface area (Å²) in [6.07, 6.45) is 3.82. The Kier molecular flexibility index (Phi) is 4.58. The van der Waals surface area contributed by atoms with Crippen molar-refractivity contribution in [2.75, 3.05) is 0 Å². The molecule has 2 N–H and O–H groups in total. The molecular formula is C17H21FN2O. The first kappa shape index (κ1) is 15.4. The Morgan fingerprint density at radius 2 is 2.00 bits per heavy atom. The summed E-state index contributed by atoms with van der Waals surface area (Å²) in [6, 6.07) is 8.55. The van der Waals surface area contributed by atoms with Crippen molar-refractivity contribution >= 4 is 0 Å². The van der Waals surface area contributed by atoms with Crippen LogP contribution in [0.15, 0.2) is 42.7 Å². The van der Waals surface area contributed by atoms with Crippen LogP contribution in [0.25, 0.3) is 0 Å². The molecule has 2 rings (SSSR count). The minimum Gasteiger partial charge on any atom is -0.489 e. The molecule has 21 heavy (non-hydrogen) atoms. The van der Waals surface area contributed by atoms with Crippen molar-refractivity contribution in [1.82, 2.24) is 4.98 Å². The predicted molar refractivity (Wildman–Crippen MR) is 81.6 cm³/mol. The maximum atomic E-state index is 13.8. The predicted octanol–water partition coefficient (Wildman–Crippen LogP) is 3.42. The lowest BCUT2D eigenvalue weighted by Gasteiger charge is -2.26. The Hall–Kier alpha value is -1.94. The number of benzene rings is 1. The van der Waals surface area contributed by atoms with Gasteiger partial charge in [-0.25, -0.2) is 4.39 Å². The molecule has 0 fully saturated rings. The molecule has 2 aromatic rings. The highest BCUT2D eigenvalue weighted by Gasteiger charge is 2.24. The lowest BCUT2D eigenvalue weighted by molar-refractivity contribution is 0.240. The first-order valence-corrected chi connectivity index (χ1v) is 7.03. The molecule has 3 nitrogen and oxygen atoms in total. The molecule has 112 valence electrons. The highest BCUT2D eigenvalue weighted by molar-refractivity contribution is 5.31. The van der Waals surface area contributed by atoms with Gasteiger partial charge in [-0.05, 0) is 50.5 Å². The lowest BCUT2D eigenvalue weighted by atomic mass is 9.87. The smallest absolute Gasteiger partial charge is 0.138 e. The molecule has 1 aromatic heterocycles. The van der Waals surface area contributed by atoms with Gasteiger partial charge in [-0.3, -0.25) is 4.98 Å². The van der Waals surface area contributed by atoms with E-state index in [-0.39, 0.29) is 11.9 Å². The standard InChI is InChI=1S/C17H21FN2O/c1-12(2)21-15-8-14(10-20-11-15)17(3,19)9-13-6-4-5-7-16(13)18/h4-8,10-12H,9,19H2,1-3H3. The second-order valence-corrected chi connectivity index (χ2v) is 5.76. The number of nitrogens with two attached hydrogens (primary N) is 1. The summed E-state index contributed by atoms with van der Waals surface area (Å²) in [6.45, 7) is 5.77. The van der Waals surface area contributed by atoms with Crippen LogP contribution in [0.2, 0.25) is 0 Å². The molecule has 0 radical (unpaired) electrons. The molecule has 4 heteroatoms. The third-order valence-electron chi connectivity index (χ3n) is 3.26. The van der Waals surface area contributed by atoms with Gasteiger partial charge >= 0.3 is 0 Å². The highest BCUT2D eigenvalue weighted by Crippen LogP contribution is 2.26.